The van der Waals surface area contributed by atoms with Crippen molar-refractivity contribution in [2.24, 2.45) is 17.3 Å². The van der Waals surface area contributed by atoms with Gasteiger partial charge in [-0.05, 0) is 109 Å². The molecule has 6 aliphatic rings. The molecule has 10 heteroatoms. The number of hydrogen-bond acceptors (Lipinski definition) is 8. The highest BCUT2D eigenvalue weighted by Gasteiger charge is 2.57. The number of fused-ring (bicyclic) bond motifs is 4. The van der Waals surface area contributed by atoms with Gasteiger partial charge in [0.2, 0.25) is 5.91 Å². The second kappa shape index (κ2) is 15.2. The molecule has 4 aliphatic carbocycles. The van der Waals surface area contributed by atoms with Crippen molar-refractivity contribution in [3.05, 3.63) is 123 Å². The van der Waals surface area contributed by atoms with E-state index in [1.165, 1.54) is 18.4 Å². The van der Waals surface area contributed by atoms with Crippen LogP contribution in [-0.4, -0.2) is 71.8 Å². The summed E-state index contributed by atoms with van der Waals surface area (Å²) in [5, 5.41) is 14.7. The standard InChI is InChI=1S/C48H54N2O8/c1-46(2)27-37-31(14-15-41-47(3,57-41)17-16-38(37)46)20-29-8-6-13-33(21-29)45(54)55-39-23-36(44(53)50-28-30-9-7-12-32(22-30)43(52)49-18-19-51)24-40-42(39)58-48(56-40)25-34-10-4-5-11-35(34)26-48/h4-13,20-22,24,37-42,51H,14-19,23,25-28H2,1-3H3,(H,49,52)(H,50,53)/t37-,38-,39-,40-,41?,42+,47-/m1/s1. The Kier molecular flexibility index (Phi) is 10.2. The molecule has 2 heterocycles. The molecule has 0 aromatic heterocycles. The van der Waals surface area contributed by atoms with Gasteiger partial charge in [-0.15, -0.1) is 0 Å². The summed E-state index contributed by atoms with van der Waals surface area (Å²) in [5.74, 6) is -0.848. The van der Waals surface area contributed by atoms with Crippen LogP contribution in [0, 0.1) is 17.3 Å². The summed E-state index contributed by atoms with van der Waals surface area (Å²) < 4.78 is 25.9. The highest BCUT2D eigenvalue weighted by atomic mass is 16.8. The molecule has 10 nitrogen and oxygen atoms in total. The van der Waals surface area contributed by atoms with Crippen LogP contribution in [0.3, 0.4) is 0 Å². The summed E-state index contributed by atoms with van der Waals surface area (Å²) in [6.07, 6.45) is 9.21. The molecule has 0 radical (unpaired) electrons. The highest BCUT2D eigenvalue weighted by Crippen LogP contribution is 2.60. The lowest BCUT2D eigenvalue weighted by Crippen LogP contribution is -2.45. The zero-order valence-electron chi connectivity index (χ0n) is 33.6. The Labute approximate surface area is 340 Å². The van der Waals surface area contributed by atoms with Gasteiger partial charge < -0.3 is 34.7 Å². The van der Waals surface area contributed by atoms with Crippen molar-refractivity contribution in [2.75, 3.05) is 13.2 Å². The number of amides is 2. The Morgan fingerprint density at radius 2 is 1.66 bits per heavy atom. The van der Waals surface area contributed by atoms with Crippen LogP contribution in [0.5, 0.6) is 0 Å². The van der Waals surface area contributed by atoms with Crippen LogP contribution in [0.4, 0.5) is 0 Å². The molecular weight excluding hydrogens is 733 g/mol. The maximum atomic E-state index is 14.1. The summed E-state index contributed by atoms with van der Waals surface area (Å²) >= 11 is 0. The predicted octanol–water partition coefficient (Wildman–Crippen LogP) is 6.64. The average molecular weight is 787 g/mol. The molecule has 0 bridgehead atoms. The molecule has 7 atom stereocenters. The van der Waals surface area contributed by atoms with Gasteiger partial charge in [-0.1, -0.05) is 74.0 Å². The number of allylic oxidation sites excluding steroid dienone is 1. The second-order valence-electron chi connectivity index (χ2n) is 18.1. The zero-order chi connectivity index (χ0) is 40.2. The molecule has 9 rings (SSSR count). The predicted molar refractivity (Wildman–Crippen MR) is 217 cm³/mol. The lowest BCUT2D eigenvalue weighted by Gasteiger charge is -2.53. The number of aliphatic hydroxyl groups excluding tert-OH is 1. The summed E-state index contributed by atoms with van der Waals surface area (Å²) in [6, 6.07) is 22.8. The van der Waals surface area contributed by atoms with Crippen molar-refractivity contribution in [2.45, 2.75) is 114 Å². The summed E-state index contributed by atoms with van der Waals surface area (Å²) in [4.78, 5) is 40.4. The SMILES string of the molecule is CC1(C)C[C@@H]2C(=Cc3cccc(C(=O)O[C@@H]4CC(C(=O)NCc5cccc(C(=O)NCCO)c5)=C[C@H]5OC6(Cc7ccccc7C6)O[C@H]54)c3)CCC3O[C@]3(C)CC[C@H]21. The maximum Gasteiger partial charge on any atom is 0.338 e. The Morgan fingerprint density at radius 1 is 0.879 bits per heavy atom. The third-order valence-electron chi connectivity index (χ3n) is 13.7. The lowest BCUT2D eigenvalue weighted by atomic mass is 9.52. The first-order valence-electron chi connectivity index (χ1n) is 21.0. The number of aliphatic hydroxyl groups is 1. The quantitative estimate of drug-likeness (QED) is 0.163. The summed E-state index contributed by atoms with van der Waals surface area (Å²) in [7, 11) is 0. The van der Waals surface area contributed by atoms with Gasteiger partial charge in [0.25, 0.3) is 5.91 Å². The second-order valence-corrected chi connectivity index (χ2v) is 18.1. The van der Waals surface area contributed by atoms with Gasteiger partial charge in [0.1, 0.15) is 18.3 Å². The largest absolute Gasteiger partial charge is 0.456 e. The zero-order valence-corrected chi connectivity index (χ0v) is 33.6. The fraction of sp³-hybridized carbons (Fsp3) is 0.479. The molecule has 2 amide bonds. The monoisotopic (exact) mass is 786 g/mol. The molecule has 1 spiro atoms. The van der Waals surface area contributed by atoms with E-state index in [9.17, 15) is 14.4 Å². The van der Waals surface area contributed by atoms with E-state index in [0.29, 0.717) is 52.9 Å². The number of benzene rings is 3. The Balaban J connectivity index is 0.929. The van der Waals surface area contributed by atoms with E-state index < -0.39 is 30.1 Å². The summed E-state index contributed by atoms with van der Waals surface area (Å²) in [6.45, 7) is 7.23. The van der Waals surface area contributed by atoms with Crippen LogP contribution in [0.2, 0.25) is 0 Å². The van der Waals surface area contributed by atoms with Gasteiger partial charge >= 0.3 is 5.97 Å². The van der Waals surface area contributed by atoms with E-state index in [1.54, 1.807) is 24.3 Å². The number of ether oxygens (including phenoxy) is 4. The number of hydrogen-bond donors (Lipinski definition) is 3. The van der Waals surface area contributed by atoms with Crippen molar-refractivity contribution in [1.82, 2.24) is 10.6 Å². The van der Waals surface area contributed by atoms with Crippen LogP contribution in [0.15, 0.2) is 90.0 Å². The van der Waals surface area contributed by atoms with E-state index in [0.717, 1.165) is 41.5 Å². The van der Waals surface area contributed by atoms with E-state index in [2.05, 4.69) is 55.7 Å². The van der Waals surface area contributed by atoms with Crippen LogP contribution in [-0.2, 0) is 43.1 Å². The van der Waals surface area contributed by atoms with Gasteiger partial charge in [0.05, 0.1) is 23.9 Å². The van der Waals surface area contributed by atoms with Gasteiger partial charge in [0.15, 0.2) is 5.79 Å². The highest BCUT2D eigenvalue weighted by molar-refractivity contribution is 5.95. The van der Waals surface area contributed by atoms with E-state index in [4.69, 9.17) is 24.1 Å². The molecular formula is C48H54N2O8. The third kappa shape index (κ3) is 7.68. The van der Waals surface area contributed by atoms with Crippen molar-refractivity contribution < 1.29 is 38.4 Å². The number of carbonyl (C=O) groups is 3. The molecule has 2 aliphatic heterocycles. The molecule has 3 N–H and O–H groups in total. The maximum absolute atomic E-state index is 14.1. The fourth-order valence-electron chi connectivity index (χ4n) is 10.4. The third-order valence-corrected chi connectivity index (χ3v) is 13.7. The van der Waals surface area contributed by atoms with Crippen LogP contribution in [0.1, 0.15) is 102 Å². The first-order chi connectivity index (χ1) is 27.9. The molecule has 304 valence electrons. The molecule has 2 saturated carbocycles. The molecule has 1 unspecified atom stereocenters. The van der Waals surface area contributed by atoms with Crippen molar-refractivity contribution in [1.29, 1.82) is 0 Å². The van der Waals surface area contributed by atoms with E-state index >= 15 is 0 Å². The summed E-state index contributed by atoms with van der Waals surface area (Å²) in [5.41, 5.74) is 7.13. The molecule has 3 aromatic rings. The minimum Gasteiger partial charge on any atom is -0.456 e. The Hall–Kier alpha value is -4.61. The molecule has 2 saturated heterocycles. The first kappa shape index (κ1) is 38.9. The number of nitrogens with one attached hydrogen (secondary N) is 2. The van der Waals surface area contributed by atoms with Crippen LogP contribution >= 0.6 is 0 Å². The van der Waals surface area contributed by atoms with Gasteiger partial charge in [-0.2, -0.15) is 0 Å². The Bertz CT molecular complexity index is 2150. The minimum absolute atomic E-state index is 0.0191. The van der Waals surface area contributed by atoms with Gasteiger partial charge in [-0.25, -0.2) is 4.79 Å². The van der Waals surface area contributed by atoms with Crippen molar-refractivity contribution in [3.63, 3.8) is 0 Å². The van der Waals surface area contributed by atoms with E-state index in [-0.39, 0.29) is 43.5 Å². The average Bonchev–Trinajstić information content (AvgIpc) is 3.50. The minimum atomic E-state index is -0.914. The van der Waals surface area contributed by atoms with Crippen molar-refractivity contribution >= 4 is 23.9 Å². The topological polar surface area (TPSA) is 136 Å². The fourth-order valence-corrected chi connectivity index (χ4v) is 10.4. The molecule has 4 fully saturated rings. The molecule has 3 aromatic carbocycles. The first-order valence-corrected chi connectivity index (χ1v) is 21.0. The smallest absolute Gasteiger partial charge is 0.338 e. The number of rotatable bonds is 9. The van der Waals surface area contributed by atoms with Gasteiger partial charge in [-0.3, -0.25) is 9.59 Å². The lowest BCUT2D eigenvalue weighted by molar-refractivity contribution is -0.172. The van der Waals surface area contributed by atoms with Gasteiger partial charge in [0, 0.05) is 43.5 Å². The van der Waals surface area contributed by atoms with Crippen molar-refractivity contribution in [3.8, 4) is 0 Å². The van der Waals surface area contributed by atoms with Crippen LogP contribution < -0.4 is 10.6 Å². The molecule has 58 heavy (non-hydrogen) atoms. The normalized spacial score (nSPS) is 30.6. The van der Waals surface area contributed by atoms with Crippen LogP contribution in [0.25, 0.3) is 6.08 Å². The number of epoxide rings is 1. The Morgan fingerprint density at radius 3 is 2.43 bits per heavy atom. The number of esters is 1. The number of carbonyl (C=O) groups excluding carboxylic acids is 3. The van der Waals surface area contributed by atoms with E-state index in [1.807, 2.05) is 36.4 Å².